The lowest BCUT2D eigenvalue weighted by atomic mass is 10.1. The van der Waals surface area contributed by atoms with E-state index in [-0.39, 0.29) is 0 Å². The Bertz CT molecular complexity index is 1350. The lowest BCUT2D eigenvalue weighted by molar-refractivity contribution is 0.415. The molecule has 0 aliphatic rings. The predicted octanol–water partition coefficient (Wildman–Crippen LogP) is 4.55. The number of aryl methyl sites for hydroxylation is 1. The number of aromatic amines is 2. The molecule has 0 unspecified atom stereocenters. The SMILES string of the molecule is COc1ccc2c(CCNc3nccc(Nc4ccc5nc(C)[nH]c5c4)n3)c[nH]c2c1. The van der Waals surface area contributed by atoms with E-state index in [4.69, 9.17) is 4.74 Å². The van der Waals surface area contributed by atoms with Gasteiger partial charge in [-0.15, -0.1) is 0 Å². The molecule has 0 fully saturated rings. The number of methoxy groups -OCH3 is 1. The van der Waals surface area contributed by atoms with Gasteiger partial charge in [-0.25, -0.2) is 9.97 Å². The summed E-state index contributed by atoms with van der Waals surface area (Å²) in [6.45, 7) is 2.67. The summed E-state index contributed by atoms with van der Waals surface area (Å²) >= 11 is 0. The molecule has 0 aliphatic carbocycles. The van der Waals surface area contributed by atoms with Crippen molar-refractivity contribution in [1.29, 1.82) is 0 Å². The number of fused-ring (bicyclic) bond motifs is 2. The van der Waals surface area contributed by atoms with Crippen LogP contribution in [0, 0.1) is 6.92 Å². The Kier molecular flexibility index (Phi) is 4.87. The Morgan fingerprint density at radius 2 is 1.97 bits per heavy atom. The second-order valence-electron chi connectivity index (χ2n) is 7.35. The van der Waals surface area contributed by atoms with Gasteiger partial charge in [0.05, 0.1) is 18.1 Å². The van der Waals surface area contributed by atoms with Crippen molar-refractivity contribution in [1.82, 2.24) is 24.9 Å². The third kappa shape index (κ3) is 4.00. The van der Waals surface area contributed by atoms with Crippen molar-refractivity contribution < 1.29 is 4.74 Å². The molecule has 5 rings (SSSR count). The summed E-state index contributed by atoms with van der Waals surface area (Å²) in [4.78, 5) is 19.9. The molecule has 8 nitrogen and oxygen atoms in total. The Morgan fingerprint density at radius 3 is 2.87 bits per heavy atom. The second kappa shape index (κ2) is 7.98. The molecule has 2 aromatic carbocycles. The van der Waals surface area contributed by atoms with Gasteiger partial charge >= 0.3 is 0 Å². The summed E-state index contributed by atoms with van der Waals surface area (Å²) in [5.41, 5.74) is 5.19. The zero-order valence-corrected chi connectivity index (χ0v) is 17.4. The highest BCUT2D eigenvalue weighted by atomic mass is 16.5. The van der Waals surface area contributed by atoms with Gasteiger partial charge in [0.2, 0.25) is 5.95 Å². The van der Waals surface area contributed by atoms with Crippen molar-refractivity contribution in [3.05, 3.63) is 66.2 Å². The molecule has 0 spiro atoms. The minimum atomic E-state index is 0.588. The van der Waals surface area contributed by atoms with Crippen LogP contribution < -0.4 is 15.4 Å². The molecule has 0 saturated heterocycles. The summed E-state index contributed by atoms with van der Waals surface area (Å²) in [5, 5.41) is 7.84. The first-order valence-electron chi connectivity index (χ1n) is 10.1. The molecule has 0 radical (unpaired) electrons. The normalized spacial score (nSPS) is 11.2. The highest BCUT2D eigenvalue weighted by Crippen LogP contribution is 2.24. The maximum atomic E-state index is 5.29. The first kappa shape index (κ1) is 18.9. The first-order valence-corrected chi connectivity index (χ1v) is 10.1. The van der Waals surface area contributed by atoms with Crippen LogP contribution in [0.15, 0.2) is 54.9 Å². The molecule has 4 N–H and O–H groups in total. The molecule has 0 aliphatic heterocycles. The number of nitrogens with zero attached hydrogens (tertiary/aromatic N) is 3. The molecule has 0 bridgehead atoms. The summed E-state index contributed by atoms with van der Waals surface area (Å²) in [6, 6.07) is 13.9. The summed E-state index contributed by atoms with van der Waals surface area (Å²) in [6.07, 6.45) is 4.63. The van der Waals surface area contributed by atoms with Gasteiger partial charge in [-0.3, -0.25) is 0 Å². The molecule has 0 amide bonds. The third-order valence-corrected chi connectivity index (χ3v) is 5.18. The molecular formula is C23H23N7O. The first-order chi connectivity index (χ1) is 15.2. The van der Waals surface area contributed by atoms with Crippen LogP contribution in [0.2, 0.25) is 0 Å². The lowest BCUT2D eigenvalue weighted by Gasteiger charge is -2.08. The number of rotatable bonds is 7. The Balaban J connectivity index is 1.24. The van der Waals surface area contributed by atoms with E-state index in [2.05, 4.69) is 41.6 Å². The van der Waals surface area contributed by atoms with Crippen LogP contribution in [0.1, 0.15) is 11.4 Å². The number of ether oxygens (including phenoxy) is 1. The van der Waals surface area contributed by atoms with Crippen LogP contribution in [0.25, 0.3) is 21.9 Å². The number of hydrogen-bond donors (Lipinski definition) is 4. The largest absolute Gasteiger partial charge is 0.497 e. The lowest BCUT2D eigenvalue weighted by Crippen LogP contribution is -2.08. The average molecular weight is 413 g/mol. The van der Waals surface area contributed by atoms with Gasteiger partial charge in [0.1, 0.15) is 17.4 Å². The molecule has 31 heavy (non-hydrogen) atoms. The Morgan fingerprint density at radius 1 is 1.03 bits per heavy atom. The molecule has 8 heteroatoms. The minimum Gasteiger partial charge on any atom is -0.497 e. The third-order valence-electron chi connectivity index (χ3n) is 5.18. The van der Waals surface area contributed by atoms with E-state index in [1.807, 2.05) is 49.5 Å². The van der Waals surface area contributed by atoms with E-state index in [1.165, 1.54) is 10.9 Å². The highest BCUT2D eigenvalue weighted by molar-refractivity contribution is 5.84. The number of aromatic nitrogens is 5. The molecule has 156 valence electrons. The molecule has 5 aromatic rings. The van der Waals surface area contributed by atoms with Crippen molar-refractivity contribution in [2.24, 2.45) is 0 Å². The van der Waals surface area contributed by atoms with Crippen molar-refractivity contribution >= 4 is 39.4 Å². The fourth-order valence-electron chi connectivity index (χ4n) is 3.68. The second-order valence-corrected chi connectivity index (χ2v) is 7.35. The summed E-state index contributed by atoms with van der Waals surface area (Å²) in [7, 11) is 1.68. The Hall–Kier alpha value is -4.07. The zero-order chi connectivity index (χ0) is 21.2. The van der Waals surface area contributed by atoms with E-state index in [0.29, 0.717) is 5.95 Å². The average Bonchev–Trinajstić information content (AvgIpc) is 3.35. The van der Waals surface area contributed by atoms with E-state index >= 15 is 0 Å². The van der Waals surface area contributed by atoms with Crippen molar-refractivity contribution in [3.8, 4) is 5.75 Å². The van der Waals surface area contributed by atoms with Crippen molar-refractivity contribution in [2.75, 3.05) is 24.3 Å². The van der Waals surface area contributed by atoms with Gasteiger partial charge in [-0.2, -0.15) is 4.98 Å². The van der Waals surface area contributed by atoms with Crippen molar-refractivity contribution in [3.63, 3.8) is 0 Å². The molecule has 3 aromatic heterocycles. The van der Waals surface area contributed by atoms with Crippen LogP contribution in [-0.4, -0.2) is 38.6 Å². The smallest absolute Gasteiger partial charge is 0.224 e. The van der Waals surface area contributed by atoms with Crippen LogP contribution >= 0.6 is 0 Å². The topological polar surface area (TPSA) is 104 Å². The van der Waals surface area contributed by atoms with E-state index in [1.54, 1.807) is 13.3 Å². The molecule has 0 atom stereocenters. The zero-order valence-electron chi connectivity index (χ0n) is 17.4. The van der Waals surface area contributed by atoms with Gasteiger partial charge in [0, 0.05) is 41.6 Å². The van der Waals surface area contributed by atoms with Gasteiger partial charge in [0.15, 0.2) is 0 Å². The predicted molar refractivity (Wildman–Crippen MR) is 123 cm³/mol. The number of imidazole rings is 1. The van der Waals surface area contributed by atoms with Crippen molar-refractivity contribution in [2.45, 2.75) is 13.3 Å². The number of hydrogen-bond acceptors (Lipinski definition) is 6. The maximum Gasteiger partial charge on any atom is 0.224 e. The van der Waals surface area contributed by atoms with Gasteiger partial charge < -0.3 is 25.3 Å². The fourth-order valence-corrected chi connectivity index (χ4v) is 3.68. The molecular weight excluding hydrogens is 390 g/mol. The number of H-pyrrole nitrogens is 2. The summed E-state index contributed by atoms with van der Waals surface area (Å²) in [5.74, 6) is 3.06. The van der Waals surface area contributed by atoms with Crippen LogP contribution in [0.4, 0.5) is 17.5 Å². The van der Waals surface area contributed by atoms with E-state index in [9.17, 15) is 0 Å². The quantitative estimate of drug-likeness (QED) is 0.312. The van der Waals surface area contributed by atoms with Crippen LogP contribution in [-0.2, 0) is 6.42 Å². The van der Waals surface area contributed by atoms with Crippen LogP contribution in [0.3, 0.4) is 0 Å². The fraction of sp³-hybridized carbons (Fsp3) is 0.174. The molecule has 0 saturated carbocycles. The van der Waals surface area contributed by atoms with E-state index in [0.717, 1.165) is 52.6 Å². The highest BCUT2D eigenvalue weighted by Gasteiger charge is 2.06. The molecule has 3 heterocycles. The van der Waals surface area contributed by atoms with Gasteiger partial charge in [0.25, 0.3) is 0 Å². The van der Waals surface area contributed by atoms with Crippen LogP contribution in [0.5, 0.6) is 5.75 Å². The maximum absolute atomic E-state index is 5.29. The minimum absolute atomic E-state index is 0.588. The number of nitrogens with one attached hydrogen (secondary N) is 4. The number of benzene rings is 2. The van der Waals surface area contributed by atoms with Gasteiger partial charge in [-0.05, 0) is 55.3 Å². The monoisotopic (exact) mass is 413 g/mol. The van der Waals surface area contributed by atoms with E-state index < -0.39 is 0 Å². The summed E-state index contributed by atoms with van der Waals surface area (Å²) < 4.78 is 5.29. The van der Waals surface area contributed by atoms with Gasteiger partial charge in [-0.1, -0.05) is 0 Å². The Labute approximate surface area is 179 Å². The number of anilines is 3. The standard InChI is InChI=1S/C23H23N7O/c1-14-27-19-6-3-16(11-21(19)28-14)29-22-8-10-25-23(30-22)24-9-7-15-13-26-20-12-17(31-2)4-5-18(15)20/h3-6,8,10-13,26H,7,9H2,1-2H3,(H,27,28)(H2,24,25,29,30).